The van der Waals surface area contributed by atoms with E-state index in [1.54, 1.807) is 0 Å². The molecule has 4 aromatic carbocycles. The van der Waals surface area contributed by atoms with Gasteiger partial charge in [-0.15, -0.1) is 0 Å². The molecule has 4 aromatic rings. The van der Waals surface area contributed by atoms with Crippen molar-refractivity contribution in [3.63, 3.8) is 0 Å². The van der Waals surface area contributed by atoms with Crippen molar-refractivity contribution in [1.29, 1.82) is 0 Å². The van der Waals surface area contributed by atoms with Gasteiger partial charge in [0, 0.05) is 52.4 Å². The smallest absolute Gasteiger partial charge is 0.218 e. The second-order valence-corrected chi connectivity index (χ2v) is 24.2. The van der Waals surface area contributed by atoms with Crippen LogP contribution in [0.4, 0.5) is 0 Å². The molecule has 4 N–H and O–H groups in total. The number of hydrogen-bond acceptors (Lipinski definition) is 8. The topological polar surface area (TPSA) is 162 Å². The minimum Gasteiger partial charge on any atom is -0.343 e. The Balaban J connectivity index is 1.39. The summed E-state index contributed by atoms with van der Waals surface area (Å²) in [6.45, 7) is 2.38. The fourth-order valence-electron chi connectivity index (χ4n) is 7.07. The van der Waals surface area contributed by atoms with Crippen molar-refractivity contribution in [2.24, 2.45) is 0 Å². The molecule has 1 aliphatic heterocycles. The van der Waals surface area contributed by atoms with Gasteiger partial charge in [-0.25, -0.2) is 0 Å². The zero-order valence-corrected chi connectivity index (χ0v) is 35.4. The highest BCUT2D eigenvalue weighted by Crippen LogP contribution is 2.48. The van der Waals surface area contributed by atoms with Gasteiger partial charge in [0.05, 0.1) is 49.8 Å². The second kappa shape index (κ2) is 20.9. The molecule has 0 radical (unpaired) electrons. The van der Waals surface area contributed by atoms with E-state index in [9.17, 15) is 37.8 Å². The number of rotatable bonds is 16. The normalized spacial score (nSPS) is 20.4. The highest BCUT2D eigenvalue weighted by atomic mass is 31.2. The van der Waals surface area contributed by atoms with Crippen LogP contribution in [0.25, 0.3) is 0 Å². The highest BCUT2D eigenvalue weighted by molar-refractivity contribution is 7.58. The van der Waals surface area contributed by atoms with Crippen molar-refractivity contribution in [1.82, 2.24) is 19.6 Å². The third kappa shape index (κ3) is 16.4. The molecule has 1 aliphatic rings. The summed E-state index contributed by atoms with van der Waals surface area (Å²) in [4.78, 5) is 52.5. The van der Waals surface area contributed by atoms with Gasteiger partial charge in [-0.2, -0.15) is 0 Å². The van der Waals surface area contributed by atoms with Crippen molar-refractivity contribution in [3.05, 3.63) is 144 Å². The summed E-state index contributed by atoms with van der Waals surface area (Å²) in [5.74, 6) is 0. The van der Waals surface area contributed by atoms with E-state index in [1.165, 1.54) is 0 Å². The molecule has 0 aromatic heterocycles. The van der Waals surface area contributed by atoms with E-state index in [0.717, 1.165) is 22.3 Å². The molecule has 56 heavy (non-hydrogen) atoms. The van der Waals surface area contributed by atoms with Crippen LogP contribution in [0.5, 0.6) is 0 Å². The van der Waals surface area contributed by atoms with Gasteiger partial charge in [0.15, 0.2) is 0 Å². The Labute approximate surface area is 331 Å². The van der Waals surface area contributed by atoms with E-state index < -0.39 is 29.5 Å². The molecule has 0 aliphatic carbocycles. The van der Waals surface area contributed by atoms with E-state index in [1.807, 2.05) is 141 Å². The molecule has 304 valence electrons. The Kier molecular flexibility index (Phi) is 16.7. The summed E-state index contributed by atoms with van der Waals surface area (Å²) >= 11 is 0. The van der Waals surface area contributed by atoms with Crippen LogP contribution in [0, 0.1) is 0 Å². The molecular formula is C40H56N4O8P4. The van der Waals surface area contributed by atoms with Crippen LogP contribution < -0.4 is 0 Å². The van der Waals surface area contributed by atoms with E-state index in [-0.39, 0.29) is 49.8 Å². The fraction of sp³-hybridized carbons (Fsp3) is 0.400. The Morgan fingerprint density at radius 3 is 0.643 bits per heavy atom. The Morgan fingerprint density at radius 2 is 0.482 bits per heavy atom. The maximum absolute atomic E-state index is 13.7. The average molecular weight is 845 g/mol. The maximum atomic E-state index is 13.7. The van der Waals surface area contributed by atoms with Gasteiger partial charge in [0.1, 0.15) is 0 Å². The number of nitrogens with zero attached hydrogens (tertiary/aromatic N) is 4. The van der Waals surface area contributed by atoms with Gasteiger partial charge >= 0.3 is 0 Å². The minimum atomic E-state index is -3.72. The standard InChI is InChI=1S/C40H56N4O8P4/c45-53(46,29-37-13-5-1-6-14-37)33-41-21-23-42(34-54(47,48)30-38-15-7-2-8-16-38)25-27-44(36-56(51,52)32-40-19-11-4-12-20-40)28-26-43(24-22-41)35-55(49,50)31-39-17-9-3-10-18-39/h1-20H,21-36H2,(H,45,46)(H,47,48)(H,49,50)(H,51,52). The van der Waals surface area contributed by atoms with Gasteiger partial charge < -0.3 is 19.6 Å². The van der Waals surface area contributed by atoms with Crippen molar-refractivity contribution in [2.45, 2.75) is 24.6 Å². The lowest BCUT2D eigenvalue weighted by atomic mass is 10.2. The predicted molar refractivity (Wildman–Crippen MR) is 226 cm³/mol. The van der Waals surface area contributed by atoms with E-state index >= 15 is 0 Å². The molecule has 12 nitrogen and oxygen atoms in total. The van der Waals surface area contributed by atoms with Crippen LogP contribution in [-0.2, 0) is 42.9 Å². The van der Waals surface area contributed by atoms with E-state index in [0.29, 0.717) is 52.4 Å². The Morgan fingerprint density at radius 1 is 0.321 bits per heavy atom. The first kappa shape index (κ1) is 44.6. The highest BCUT2D eigenvalue weighted by Gasteiger charge is 2.31. The van der Waals surface area contributed by atoms with E-state index in [2.05, 4.69) is 0 Å². The minimum absolute atomic E-state index is 0.0111. The summed E-state index contributed by atoms with van der Waals surface area (Å²) in [7, 11) is -14.9. The Bertz CT molecular complexity index is 1680. The monoisotopic (exact) mass is 844 g/mol. The van der Waals surface area contributed by atoms with Crippen molar-refractivity contribution in [2.75, 3.05) is 77.5 Å². The van der Waals surface area contributed by atoms with Gasteiger partial charge in [0.25, 0.3) is 0 Å². The van der Waals surface area contributed by atoms with E-state index in [4.69, 9.17) is 0 Å². The van der Waals surface area contributed by atoms with Crippen LogP contribution >= 0.6 is 29.5 Å². The molecule has 0 saturated carbocycles. The molecular weight excluding hydrogens is 788 g/mol. The van der Waals surface area contributed by atoms with Crippen LogP contribution in [-0.4, -0.2) is 117 Å². The fourth-order valence-corrected chi connectivity index (χ4v) is 14.2. The van der Waals surface area contributed by atoms with Gasteiger partial charge in [-0.3, -0.25) is 37.9 Å². The first-order valence-corrected chi connectivity index (χ1v) is 27.0. The largest absolute Gasteiger partial charge is 0.343 e. The first-order chi connectivity index (χ1) is 26.6. The zero-order valence-electron chi connectivity index (χ0n) is 31.9. The second-order valence-electron chi connectivity index (χ2n) is 15.0. The Hall–Kier alpha value is -2.52. The molecule has 0 spiro atoms. The predicted octanol–water partition coefficient (Wildman–Crippen LogP) is 6.92. The lowest BCUT2D eigenvalue weighted by molar-refractivity contribution is 0.158. The summed E-state index contributed by atoms with van der Waals surface area (Å²) in [6, 6.07) is 36.5. The number of hydrogen-bond donors (Lipinski definition) is 4. The molecule has 5 rings (SSSR count). The average Bonchev–Trinajstić information content (AvgIpc) is 3.13. The molecule has 4 atom stereocenters. The molecule has 0 amide bonds. The van der Waals surface area contributed by atoms with Gasteiger partial charge in [0.2, 0.25) is 29.5 Å². The summed E-state index contributed by atoms with van der Waals surface area (Å²) in [5, 5.41) is 0. The summed E-state index contributed by atoms with van der Waals surface area (Å²) < 4.78 is 54.9. The quantitative estimate of drug-likeness (QED) is 0.0864. The lowest BCUT2D eigenvalue weighted by Crippen LogP contribution is -2.46. The van der Waals surface area contributed by atoms with Crippen molar-refractivity contribution < 1.29 is 37.8 Å². The van der Waals surface area contributed by atoms with Crippen molar-refractivity contribution in [3.8, 4) is 0 Å². The first-order valence-electron chi connectivity index (χ1n) is 18.9. The molecule has 4 unspecified atom stereocenters. The molecule has 1 heterocycles. The maximum Gasteiger partial charge on any atom is 0.218 e. The molecule has 0 bridgehead atoms. The third-order valence-electron chi connectivity index (χ3n) is 9.70. The summed E-state index contributed by atoms with van der Waals surface area (Å²) in [5.41, 5.74) is 2.98. The molecule has 1 saturated heterocycles. The van der Waals surface area contributed by atoms with Crippen LogP contribution in [0.1, 0.15) is 22.3 Å². The number of benzene rings is 4. The van der Waals surface area contributed by atoms with Crippen LogP contribution in [0.3, 0.4) is 0 Å². The molecule has 1 fully saturated rings. The van der Waals surface area contributed by atoms with Crippen LogP contribution in [0.15, 0.2) is 121 Å². The molecule has 16 heteroatoms. The SMILES string of the molecule is O=P(O)(Cc1ccccc1)CN1CCN(CP(=O)(O)Cc2ccccc2)CCN(CP(=O)(O)Cc2ccccc2)CCN(CP(=O)(O)Cc2ccccc2)CC1. The van der Waals surface area contributed by atoms with Crippen molar-refractivity contribution >= 4 is 29.5 Å². The van der Waals surface area contributed by atoms with Gasteiger partial charge in [-0.05, 0) is 22.3 Å². The summed E-state index contributed by atoms with van der Waals surface area (Å²) in [6.07, 6.45) is -0.527. The lowest BCUT2D eigenvalue weighted by Gasteiger charge is -2.36. The van der Waals surface area contributed by atoms with Crippen LogP contribution in [0.2, 0.25) is 0 Å². The zero-order chi connectivity index (χ0) is 40.1. The third-order valence-corrected chi connectivity index (χ3v) is 16.5. The van der Waals surface area contributed by atoms with Gasteiger partial charge in [-0.1, -0.05) is 121 Å².